The molecular formula is C20H25N3O. The molecule has 1 saturated heterocycles. The molecule has 1 atom stereocenters. The zero-order valence-electron chi connectivity index (χ0n) is 14.1. The third kappa shape index (κ3) is 3.95. The van der Waals surface area contributed by atoms with Crippen LogP contribution < -0.4 is 11.1 Å². The van der Waals surface area contributed by atoms with Gasteiger partial charge in [-0.15, -0.1) is 0 Å². The van der Waals surface area contributed by atoms with Crippen LogP contribution in [0.1, 0.15) is 41.7 Å². The maximum Gasteiger partial charge on any atom is 0.251 e. The summed E-state index contributed by atoms with van der Waals surface area (Å²) in [4.78, 5) is 14.8. The van der Waals surface area contributed by atoms with Gasteiger partial charge in [-0.3, -0.25) is 9.69 Å². The number of rotatable bonds is 4. The normalized spacial score (nSPS) is 17.4. The number of carbonyl (C=O) groups excluding carboxylic acids is 1. The van der Waals surface area contributed by atoms with Gasteiger partial charge >= 0.3 is 0 Å². The maximum atomic E-state index is 12.3. The van der Waals surface area contributed by atoms with E-state index in [1.165, 1.54) is 5.56 Å². The van der Waals surface area contributed by atoms with Gasteiger partial charge in [-0.05, 0) is 43.5 Å². The highest BCUT2D eigenvalue weighted by molar-refractivity contribution is 5.95. The molecule has 1 heterocycles. The smallest absolute Gasteiger partial charge is 0.251 e. The predicted molar refractivity (Wildman–Crippen MR) is 97.8 cm³/mol. The number of hydrogen-bond acceptors (Lipinski definition) is 3. The minimum absolute atomic E-state index is 0.0307. The second-order valence-electron chi connectivity index (χ2n) is 6.50. The Morgan fingerprint density at radius 2 is 1.83 bits per heavy atom. The van der Waals surface area contributed by atoms with E-state index in [4.69, 9.17) is 5.73 Å². The van der Waals surface area contributed by atoms with Crippen molar-refractivity contribution < 1.29 is 4.79 Å². The van der Waals surface area contributed by atoms with Gasteiger partial charge in [0.25, 0.3) is 5.91 Å². The van der Waals surface area contributed by atoms with E-state index in [9.17, 15) is 4.79 Å². The molecule has 24 heavy (non-hydrogen) atoms. The van der Waals surface area contributed by atoms with E-state index >= 15 is 0 Å². The van der Waals surface area contributed by atoms with E-state index in [-0.39, 0.29) is 11.9 Å². The second kappa shape index (κ2) is 7.49. The zero-order chi connectivity index (χ0) is 16.9. The Labute approximate surface area is 143 Å². The highest BCUT2D eigenvalue weighted by Crippen LogP contribution is 2.24. The van der Waals surface area contributed by atoms with Crippen molar-refractivity contribution in [3.05, 3.63) is 65.7 Å². The topological polar surface area (TPSA) is 58.4 Å². The molecule has 4 heteroatoms. The maximum absolute atomic E-state index is 12.3. The fraction of sp³-hybridized carbons (Fsp3) is 0.350. The van der Waals surface area contributed by atoms with Gasteiger partial charge in [0.1, 0.15) is 0 Å². The van der Waals surface area contributed by atoms with Crippen LogP contribution in [0.5, 0.6) is 0 Å². The molecule has 1 unspecified atom stereocenters. The Hall–Kier alpha value is -2.33. The van der Waals surface area contributed by atoms with Crippen LogP contribution >= 0.6 is 0 Å². The molecule has 1 fully saturated rings. The summed E-state index contributed by atoms with van der Waals surface area (Å²) in [6.45, 7) is 4.25. The van der Waals surface area contributed by atoms with Crippen molar-refractivity contribution in [2.24, 2.45) is 0 Å². The van der Waals surface area contributed by atoms with Crippen LogP contribution in [0.3, 0.4) is 0 Å². The number of amides is 1. The molecule has 1 aliphatic heterocycles. The first-order chi connectivity index (χ1) is 11.6. The van der Waals surface area contributed by atoms with E-state index in [0.717, 1.165) is 25.9 Å². The van der Waals surface area contributed by atoms with E-state index in [0.29, 0.717) is 17.3 Å². The molecule has 2 aromatic carbocycles. The first-order valence-electron chi connectivity index (χ1n) is 8.59. The standard InChI is InChI=1S/C20H25N3O/c1-15(16-6-3-2-4-7-16)23-12-10-19(11-13-23)22-20(24)17-8-5-9-18(21)14-17/h2-9,14-15,19H,10-13,21H2,1H3,(H,22,24). The van der Waals surface area contributed by atoms with Crippen LogP contribution in [-0.4, -0.2) is 29.9 Å². The van der Waals surface area contributed by atoms with Crippen molar-refractivity contribution in [1.82, 2.24) is 10.2 Å². The van der Waals surface area contributed by atoms with Crippen LogP contribution in [0.25, 0.3) is 0 Å². The number of likely N-dealkylation sites (tertiary alicyclic amines) is 1. The summed E-state index contributed by atoms with van der Waals surface area (Å²) >= 11 is 0. The van der Waals surface area contributed by atoms with Crippen LogP contribution in [-0.2, 0) is 0 Å². The summed E-state index contributed by atoms with van der Waals surface area (Å²) in [6.07, 6.45) is 1.95. The van der Waals surface area contributed by atoms with E-state index < -0.39 is 0 Å². The number of nitrogens with one attached hydrogen (secondary N) is 1. The number of benzene rings is 2. The largest absolute Gasteiger partial charge is 0.399 e. The Morgan fingerprint density at radius 3 is 2.50 bits per heavy atom. The Balaban J connectivity index is 1.53. The lowest BCUT2D eigenvalue weighted by Crippen LogP contribution is -2.45. The van der Waals surface area contributed by atoms with Crippen LogP contribution in [0, 0.1) is 0 Å². The van der Waals surface area contributed by atoms with E-state index in [1.807, 2.05) is 12.1 Å². The van der Waals surface area contributed by atoms with Crippen molar-refractivity contribution in [2.45, 2.75) is 31.8 Å². The summed E-state index contributed by atoms with van der Waals surface area (Å²) in [5.74, 6) is -0.0307. The molecule has 0 saturated carbocycles. The quantitative estimate of drug-likeness (QED) is 0.849. The first-order valence-corrected chi connectivity index (χ1v) is 8.59. The predicted octanol–water partition coefficient (Wildman–Crippen LogP) is 3.22. The Kier molecular flexibility index (Phi) is 5.16. The van der Waals surface area contributed by atoms with Gasteiger partial charge in [-0.25, -0.2) is 0 Å². The highest BCUT2D eigenvalue weighted by Gasteiger charge is 2.24. The van der Waals surface area contributed by atoms with Crippen LogP contribution in [0.15, 0.2) is 54.6 Å². The molecule has 0 radical (unpaired) electrons. The Bertz CT molecular complexity index is 678. The summed E-state index contributed by atoms with van der Waals surface area (Å²) in [7, 11) is 0. The SMILES string of the molecule is CC(c1ccccc1)N1CCC(NC(=O)c2cccc(N)c2)CC1. The van der Waals surface area contributed by atoms with Crippen molar-refractivity contribution in [3.8, 4) is 0 Å². The average molecular weight is 323 g/mol. The fourth-order valence-electron chi connectivity index (χ4n) is 3.32. The molecular weight excluding hydrogens is 298 g/mol. The number of nitrogen functional groups attached to an aromatic ring is 1. The lowest BCUT2D eigenvalue weighted by Gasteiger charge is -2.36. The number of hydrogen-bond donors (Lipinski definition) is 2. The third-order valence-electron chi connectivity index (χ3n) is 4.84. The van der Waals surface area contributed by atoms with Crippen molar-refractivity contribution in [1.29, 1.82) is 0 Å². The minimum atomic E-state index is -0.0307. The minimum Gasteiger partial charge on any atom is -0.399 e. The summed E-state index contributed by atoms with van der Waals surface area (Å²) in [5, 5.41) is 3.14. The molecule has 3 N–H and O–H groups in total. The van der Waals surface area contributed by atoms with Crippen LogP contribution in [0.2, 0.25) is 0 Å². The lowest BCUT2D eigenvalue weighted by atomic mass is 10.00. The van der Waals surface area contributed by atoms with Crippen LogP contribution in [0.4, 0.5) is 5.69 Å². The molecule has 3 rings (SSSR count). The van der Waals surface area contributed by atoms with Gasteiger partial charge in [0, 0.05) is 36.4 Å². The number of carbonyl (C=O) groups is 1. The fourth-order valence-corrected chi connectivity index (χ4v) is 3.32. The number of nitrogens with two attached hydrogens (primary N) is 1. The molecule has 0 bridgehead atoms. The van der Waals surface area contributed by atoms with E-state index in [1.54, 1.807) is 18.2 Å². The molecule has 0 spiro atoms. The number of piperidine rings is 1. The molecule has 126 valence electrons. The lowest BCUT2D eigenvalue weighted by molar-refractivity contribution is 0.0896. The van der Waals surface area contributed by atoms with Gasteiger partial charge < -0.3 is 11.1 Å². The van der Waals surface area contributed by atoms with E-state index in [2.05, 4.69) is 41.4 Å². The molecule has 4 nitrogen and oxygen atoms in total. The Morgan fingerprint density at radius 1 is 1.12 bits per heavy atom. The summed E-state index contributed by atoms with van der Waals surface area (Å²) in [5.41, 5.74) is 8.35. The summed E-state index contributed by atoms with van der Waals surface area (Å²) < 4.78 is 0. The van der Waals surface area contributed by atoms with Crippen molar-refractivity contribution in [3.63, 3.8) is 0 Å². The second-order valence-corrected chi connectivity index (χ2v) is 6.50. The van der Waals surface area contributed by atoms with Gasteiger partial charge in [0.05, 0.1) is 0 Å². The third-order valence-corrected chi connectivity index (χ3v) is 4.84. The van der Waals surface area contributed by atoms with Gasteiger partial charge in [-0.1, -0.05) is 36.4 Å². The summed E-state index contributed by atoms with van der Waals surface area (Å²) in [6, 6.07) is 18.4. The molecule has 1 aliphatic rings. The zero-order valence-corrected chi connectivity index (χ0v) is 14.1. The van der Waals surface area contributed by atoms with Gasteiger partial charge in [0.15, 0.2) is 0 Å². The molecule has 1 amide bonds. The van der Waals surface area contributed by atoms with Crippen molar-refractivity contribution >= 4 is 11.6 Å². The van der Waals surface area contributed by atoms with Crippen molar-refractivity contribution in [2.75, 3.05) is 18.8 Å². The highest BCUT2D eigenvalue weighted by atomic mass is 16.1. The number of nitrogens with zero attached hydrogens (tertiary/aromatic N) is 1. The molecule has 2 aromatic rings. The molecule has 0 aliphatic carbocycles. The molecule has 0 aromatic heterocycles. The first kappa shape index (κ1) is 16.5. The number of anilines is 1. The monoisotopic (exact) mass is 323 g/mol. The van der Waals surface area contributed by atoms with Gasteiger partial charge in [0.2, 0.25) is 0 Å². The average Bonchev–Trinajstić information content (AvgIpc) is 2.62. The van der Waals surface area contributed by atoms with Gasteiger partial charge in [-0.2, -0.15) is 0 Å².